The second-order valence-electron chi connectivity index (χ2n) is 7.25. The van der Waals surface area contributed by atoms with Gasteiger partial charge in [-0.15, -0.1) is 6.42 Å². The summed E-state index contributed by atoms with van der Waals surface area (Å²) in [5, 5.41) is 5.78. The van der Waals surface area contributed by atoms with Crippen LogP contribution in [0.5, 0.6) is 0 Å². The predicted molar refractivity (Wildman–Crippen MR) is 127 cm³/mol. The molecule has 7 heteroatoms. The van der Waals surface area contributed by atoms with Crippen LogP contribution in [0.15, 0.2) is 90.0 Å². The number of pyridine rings is 2. The molecule has 4 rings (SSSR count). The van der Waals surface area contributed by atoms with Gasteiger partial charge >= 0.3 is 0 Å². The van der Waals surface area contributed by atoms with Crippen molar-refractivity contribution in [1.82, 2.24) is 14.9 Å². The van der Waals surface area contributed by atoms with E-state index in [9.17, 15) is 14.4 Å². The van der Waals surface area contributed by atoms with Gasteiger partial charge in [-0.05, 0) is 29.8 Å². The molecule has 0 radical (unpaired) electrons. The first-order valence-electron chi connectivity index (χ1n) is 10.2. The van der Waals surface area contributed by atoms with Gasteiger partial charge in [0, 0.05) is 18.1 Å². The Morgan fingerprint density at radius 1 is 1.00 bits per heavy atom. The van der Waals surface area contributed by atoms with Gasteiger partial charge in [-0.25, -0.2) is 4.98 Å². The third kappa shape index (κ3) is 4.65. The standard InChI is InChI=1S/C26H20N4O3/c1-2-16-30-17-21(23(31)20-14-9-15-27-24(20)30)25(32)29-22(18-10-5-3-6-11-18)26(33)28-19-12-7-4-8-13-19/h1,3-15,17,22H,16H2,(H,28,33)(H,29,32). The number of nitrogens with zero attached hydrogens (tertiary/aromatic N) is 2. The molecule has 1 unspecified atom stereocenters. The molecule has 0 aliphatic rings. The van der Waals surface area contributed by atoms with Crippen molar-refractivity contribution in [2.24, 2.45) is 0 Å². The van der Waals surface area contributed by atoms with Crippen LogP contribution < -0.4 is 16.1 Å². The average molecular weight is 436 g/mol. The lowest BCUT2D eigenvalue weighted by Gasteiger charge is -2.19. The Bertz CT molecular complexity index is 1410. The van der Waals surface area contributed by atoms with E-state index in [1.54, 1.807) is 71.4 Å². The number of fused-ring (bicyclic) bond motifs is 1. The molecular weight excluding hydrogens is 416 g/mol. The monoisotopic (exact) mass is 436 g/mol. The fourth-order valence-electron chi connectivity index (χ4n) is 3.49. The zero-order chi connectivity index (χ0) is 23.2. The topological polar surface area (TPSA) is 93.1 Å². The Kier molecular flexibility index (Phi) is 6.28. The van der Waals surface area contributed by atoms with E-state index in [2.05, 4.69) is 21.5 Å². The van der Waals surface area contributed by atoms with Crippen molar-refractivity contribution in [2.75, 3.05) is 5.32 Å². The normalized spacial score (nSPS) is 11.4. The molecule has 0 saturated heterocycles. The second kappa shape index (κ2) is 9.62. The maximum absolute atomic E-state index is 13.2. The van der Waals surface area contributed by atoms with Crippen molar-refractivity contribution in [3.63, 3.8) is 0 Å². The Morgan fingerprint density at radius 3 is 2.39 bits per heavy atom. The predicted octanol–water partition coefficient (Wildman–Crippen LogP) is 3.14. The third-order valence-corrected chi connectivity index (χ3v) is 5.05. The van der Waals surface area contributed by atoms with E-state index in [1.165, 1.54) is 6.20 Å². The number of carbonyl (C=O) groups excluding carboxylic acids is 2. The van der Waals surface area contributed by atoms with E-state index in [-0.39, 0.29) is 17.5 Å². The van der Waals surface area contributed by atoms with Crippen LogP contribution in [0.25, 0.3) is 11.0 Å². The highest BCUT2D eigenvalue weighted by Crippen LogP contribution is 2.17. The maximum Gasteiger partial charge on any atom is 0.257 e. The summed E-state index contributed by atoms with van der Waals surface area (Å²) in [6, 6.07) is 19.9. The van der Waals surface area contributed by atoms with Gasteiger partial charge in [-0.2, -0.15) is 0 Å². The highest BCUT2D eigenvalue weighted by molar-refractivity contribution is 6.02. The molecule has 2 heterocycles. The SMILES string of the molecule is C#CCn1cc(C(=O)NC(C(=O)Nc2ccccc2)c2ccccc2)c(=O)c2cccnc21. The molecule has 2 N–H and O–H groups in total. The summed E-state index contributed by atoms with van der Waals surface area (Å²) in [5.41, 5.74) is 0.938. The molecule has 33 heavy (non-hydrogen) atoms. The van der Waals surface area contributed by atoms with Gasteiger partial charge in [0.1, 0.15) is 17.3 Å². The van der Waals surface area contributed by atoms with Crippen LogP contribution in [0.4, 0.5) is 5.69 Å². The third-order valence-electron chi connectivity index (χ3n) is 5.05. The fourth-order valence-corrected chi connectivity index (χ4v) is 3.49. The van der Waals surface area contributed by atoms with Gasteiger partial charge in [0.25, 0.3) is 11.8 Å². The molecule has 0 aliphatic carbocycles. The minimum atomic E-state index is -1.02. The van der Waals surface area contributed by atoms with E-state index >= 15 is 0 Å². The van der Waals surface area contributed by atoms with Crippen LogP contribution in [-0.2, 0) is 11.3 Å². The van der Waals surface area contributed by atoms with Gasteiger partial charge in [0.2, 0.25) is 5.43 Å². The van der Waals surface area contributed by atoms with Crippen LogP contribution in [0.3, 0.4) is 0 Å². The number of amides is 2. The number of nitrogens with one attached hydrogen (secondary N) is 2. The first-order chi connectivity index (χ1) is 16.1. The summed E-state index contributed by atoms with van der Waals surface area (Å²) < 4.78 is 1.56. The second-order valence-corrected chi connectivity index (χ2v) is 7.25. The molecule has 2 amide bonds. The number of terminal acetylenes is 1. The quantitative estimate of drug-likeness (QED) is 0.454. The van der Waals surface area contributed by atoms with Gasteiger partial charge in [-0.1, -0.05) is 54.5 Å². The summed E-state index contributed by atoms with van der Waals surface area (Å²) in [4.78, 5) is 43.6. The lowest BCUT2D eigenvalue weighted by atomic mass is 10.0. The lowest BCUT2D eigenvalue weighted by molar-refractivity contribution is -0.118. The van der Waals surface area contributed by atoms with E-state index in [1.807, 2.05) is 12.1 Å². The van der Waals surface area contributed by atoms with Gasteiger partial charge in [0.15, 0.2) is 0 Å². The van der Waals surface area contributed by atoms with Crippen LogP contribution in [-0.4, -0.2) is 21.4 Å². The minimum absolute atomic E-state index is 0.126. The Hall–Kier alpha value is -4.70. The lowest BCUT2D eigenvalue weighted by Crippen LogP contribution is -2.39. The average Bonchev–Trinajstić information content (AvgIpc) is 2.85. The summed E-state index contributed by atoms with van der Waals surface area (Å²) in [6.07, 6.45) is 8.38. The fraction of sp³-hybridized carbons (Fsp3) is 0.0769. The minimum Gasteiger partial charge on any atom is -0.336 e. The van der Waals surface area contributed by atoms with Crippen molar-refractivity contribution in [1.29, 1.82) is 0 Å². The molecule has 0 bridgehead atoms. The molecule has 2 aromatic heterocycles. The van der Waals surface area contributed by atoms with Crippen molar-refractivity contribution in [3.05, 3.63) is 107 Å². The molecule has 0 aliphatic heterocycles. The Morgan fingerprint density at radius 2 is 1.70 bits per heavy atom. The molecule has 0 fully saturated rings. The molecular formula is C26H20N4O3. The highest BCUT2D eigenvalue weighted by atomic mass is 16.2. The number of carbonyl (C=O) groups is 2. The number of hydrogen-bond donors (Lipinski definition) is 2. The van der Waals surface area contributed by atoms with Crippen LogP contribution in [0.2, 0.25) is 0 Å². The largest absolute Gasteiger partial charge is 0.336 e. The Balaban J connectivity index is 1.71. The first-order valence-corrected chi connectivity index (χ1v) is 10.2. The van der Waals surface area contributed by atoms with E-state index in [4.69, 9.17) is 6.42 Å². The van der Waals surface area contributed by atoms with Crippen molar-refractivity contribution >= 4 is 28.5 Å². The summed E-state index contributed by atoms with van der Waals surface area (Å²) in [7, 11) is 0. The zero-order valence-corrected chi connectivity index (χ0v) is 17.6. The number of anilines is 1. The van der Waals surface area contributed by atoms with Crippen molar-refractivity contribution < 1.29 is 9.59 Å². The number of benzene rings is 2. The van der Waals surface area contributed by atoms with Gasteiger partial charge in [-0.3, -0.25) is 14.4 Å². The van der Waals surface area contributed by atoms with E-state index in [0.29, 0.717) is 16.9 Å². The van der Waals surface area contributed by atoms with Crippen molar-refractivity contribution in [2.45, 2.75) is 12.6 Å². The van der Waals surface area contributed by atoms with Crippen LogP contribution in [0, 0.1) is 12.3 Å². The van der Waals surface area contributed by atoms with Crippen LogP contribution >= 0.6 is 0 Å². The highest BCUT2D eigenvalue weighted by Gasteiger charge is 2.25. The number of rotatable bonds is 6. The van der Waals surface area contributed by atoms with Crippen LogP contribution in [0.1, 0.15) is 22.0 Å². The number of para-hydroxylation sites is 1. The number of aromatic nitrogens is 2. The van der Waals surface area contributed by atoms with Crippen molar-refractivity contribution in [3.8, 4) is 12.3 Å². The zero-order valence-electron chi connectivity index (χ0n) is 17.6. The molecule has 0 spiro atoms. The summed E-state index contributed by atoms with van der Waals surface area (Å²) >= 11 is 0. The van der Waals surface area contributed by atoms with Gasteiger partial charge < -0.3 is 15.2 Å². The molecule has 0 saturated carbocycles. The molecule has 2 aromatic carbocycles. The van der Waals surface area contributed by atoms with E-state index in [0.717, 1.165) is 0 Å². The van der Waals surface area contributed by atoms with Gasteiger partial charge in [0.05, 0.1) is 11.9 Å². The molecule has 4 aromatic rings. The first kappa shape index (κ1) is 21.5. The Labute approximate surface area is 190 Å². The van der Waals surface area contributed by atoms with E-state index < -0.39 is 23.3 Å². The maximum atomic E-state index is 13.2. The number of hydrogen-bond acceptors (Lipinski definition) is 4. The molecule has 1 atom stereocenters. The molecule has 7 nitrogen and oxygen atoms in total. The molecule has 162 valence electrons. The summed E-state index contributed by atoms with van der Waals surface area (Å²) in [5.74, 6) is 1.37. The smallest absolute Gasteiger partial charge is 0.257 e. The summed E-state index contributed by atoms with van der Waals surface area (Å²) in [6.45, 7) is 0.130.